The van der Waals surface area contributed by atoms with Gasteiger partial charge in [0, 0.05) is 23.2 Å². The highest BCUT2D eigenvalue weighted by atomic mass is 79.9. The number of nitrogens with zero attached hydrogens (tertiary/aromatic N) is 1. The molecule has 1 heterocycles. The zero-order chi connectivity index (χ0) is 15.6. The van der Waals surface area contributed by atoms with Gasteiger partial charge in [0.1, 0.15) is 5.60 Å². The molecule has 1 aliphatic rings. The fraction of sp³-hybridized carbons (Fsp3) is 0.467. The van der Waals surface area contributed by atoms with Gasteiger partial charge in [-0.2, -0.15) is 0 Å². The first-order valence-electron chi connectivity index (χ1n) is 6.79. The van der Waals surface area contributed by atoms with Crippen LogP contribution in [0.1, 0.15) is 20.8 Å². The molecule has 1 fully saturated rings. The first kappa shape index (κ1) is 15.8. The predicted molar refractivity (Wildman–Crippen MR) is 84.1 cm³/mol. The molecule has 0 atom stereocenters. The molecule has 1 aliphatic heterocycles. The topological polar surface area (TPSA) is 58.6 Å². The van der Waals surface area contributed by atoms with Crippen LogP contribution in [-0.2, 0) is 9.53 Å². The van der Waals surface area contributed by atoms with E-state index >= 15 is 0 Å². The van der Waals surface area contributed by atoms with Crippen LogP contribution in [-0.4, -0.2) is 35.6 Å². The van der Waals surface area contributed by atoms with Gasteiger partial charge in [0.15, 0.2) is 0 Å². The van der Waals surface area contributed by atoms with E-state index < -0.39 is 5.60 Å². The summed E-state index contributed by atoms with van der Waals surface area (Å²) in [6.07, 6.45) is -0.367. The van der Waals surface area contributed by atoms with Crippen LogP contribution in [0, 0.1) is 5.92 Å². The van der Waals surface area contributed by atoms with Crippen molar-refractivity contribution in [3.8, 4) is 0 Å². The predicted octanol–water partition coefficient (Wildman–Crippen LogP) is 3.25. The van der Waals surface area contributed by atoms with Gasteiger partial charge in [0.2, 0.25) is 5.91 Å². The van der Waals surface area contributed by atoms with Crippen molar-refractivity contribution >= 4 is 33.6 Å². The smallest absolute Gasteiger partial charge is 0.410 e. The highest BCUT2D eigenvalue weighted by Crippen LogP contribution is 2.22. The van der Waals surface area contributed by atoms with Crippen molar-refractivity contribution in [1.29, 1.82) is 0 Å². The number of likely N-dealkylation sites (tertiary alicyclic amines) is 1. The SMILES string of the molecule is CC(C)(C)OC(=O)N1CC(C(=O)Nc2cccc(Br)c2)C1. The Morgan fingerprint density at radius 2 is 2.00 bits per heavy atom. The number of rotatable bonds is 2. The lowest BCUT2D eigenvalue weighted by molar-refractivity contribution is -0.124. The third kappa shape index (κ3) is 4.46. The summed E-state index contributed by atoms with van der Waals surface area (Å²) in [5.41, 5.74) is 0.228. The number of nitrogens with one attached hydrogen (secondary N) is 1. The van der Waals surface area contributed by atoms with Crippen LogP contribution in [0.5, 0.6) is 0 Å². The number of hydrogen-bond donors (Lipinski definition) is 1. The Kier molecular flexibility index (Phi) is 4.56. The van der Waals surface area contributed by atoms with Crippen molar-refractivity contribution in [2.75, 3.05) is 18.4 Å². The van der Waals surface area contributed by atoms with Crippen LogP contribution < -0.4 is 5.32 Å². The van der Waals surface area contributed by atoms with Crippen LogP contribution >= 0.6 is 15.9 Å². The molecule has 0 radical (unpaired) electrons. The van der Waals surface area contributed by atoms with Crippen LogP contribution in [0.3, 0.4) is 0 Å². The number of anilines is 1. The Balaban J connectivity index is 1.81. The Hall–Kier alpha value is -1.56. The van der Waals surface area contributed by atoms with Crippen LogP contribution in [0.15, 0.2) is 28.7 Å². The maximum Gasteiger partial charge on any atom is 0.410 e. The molecule has 6 heteroatoms. The molecule has 1 saturated heterocycles. The minimum atomic E-state index is -0.513. The minimum absolute atomic E-state index is 0.0760. The van der Waals surface area contributed by atoms with Gasteiger partial charge < -0.3 is 15.0 Å². The number of benzene rings is 1. The molecule has 5 nitrogen and oxygen atoms in total. The minimum Gasteiger partial charge on any atom is -0.444 e. The maximum absolute atomic E-state index is 12.1. The van der Waals surface area contributed by atoms with Crippen LogP contribution in [0.4, 0.5) is 10.5 Å². The van der Waals surface area contributed by atoms with Gasteiger partial charge in [-0.05, 0) is 39.0 Å². The van der Waals surface area contributed by atoms with Gasteiger partial charge in [-0.1, -0.05) is 22.0 Å². The molecule has 0 unspecified atom stereocenters. The molecule has 0 spiro atoms. The third-order valence-corrected chi connectivity index (χ3v) is 3.49. The largest absolute Gasteiger partial charge is 0.444 e. The number of hydrogen-bond acceptors (Lipinski definition) is 3. The number of halogens is 1. The van der Waals surface area contributed by atoms with Crippen molar-refractivity contribution in [1.82, 2.24) is 4.90 Å². The lowest BCUT2D eigenvalue weighted by Gasteiger charge is -2.38. The molecule has 0 saturated carbocycles. The van der Waals surface area contributed by atoms with Crippen LogP contribution in [0.25, 0.3) is 0 Å². The van der Waals surface area contributed by atoms with E-state index in [1.807, 2.05) is 45.0 Å². The summed E-state index contributed by atoms with van der Waals surface area (Å²) in [6.45, 7) is 6.26. The molecule has 1 aromatic carbocycles. The monoisotopic (exact) mass is 354 g/mol. The third-order valence-electron chi connectivity index (χ3n) is 3.00. The second kappa shape index (κ2) is 6.05. The summed E-state index contributed by atoms with van der Waals surface area (Å²) >= 11 is 3.36. The Labute approximate surface area is 132 Å². The zero-order valence-corrected chi connectivity index (χ0v) is 13.9. The molecule has 21 heavy (non-hydrogen) atoms. The van der Waals surface area contributed by atoms with E-state index in [2.05, 4.69) is 21.2 Å². The van der Waals surface area contributed by atoms with Gasteiger partial charge >= 0.3 is 6.09 Å². The van der Waals surface area contributed by atoms with Gasteiger partial charge in [-0.25, -0.2) is 4.79 Å². The average molecular weight is 355 g/mol. The highest BCUT2D eigenvalue weighted by molar-refractivity contribution is 9.10. The molecule has 114 valence electrons. The molecule has 0 aromatic heterocycles. The quantitative estimate of drug-likeness (QED) is 0.886. The van der Waals surface area contributed by atoms with E-state index in [4.69, 9.17) is 4.74 Å². The fourth-order valence-corrected chi connectivity index (χ4v) is 2.33. The summed E-state index contributed by atoms with van der Waals surface area (Å²) in [5.74, 6) is -0.260. The Morgan fingerprint density at radius 3 is 2.57 bits per heavy atom. The van der Waals surface area contributed by atoms with E-state index in [9.17, 15) is 9.59 Å². The molecule has 2 amide bonds. The molecular formula is C15H19BrN2O3. The standard InChI is InChI=1S/C15H19BrN2O3/c1-15(2,3)21-14(20)18-8-10(9-18)13(19)17-12-6-4-5-11(16)7-12/h4-7,10H,8-9H2,1-3H3,(H,17,19). The van der Waals surface area contributed by atoms with Crippen molar-refractivity contribution in [2.45, 2.75) is 26.4 Å². The van der Waals surface area contributed by atoms with Gasteiger partial charge in [-0.3, -0.25) is 4.79 Å². The lowest BCUT2D eigenvalue weighted by Crippen LogP contribution is -2.55. The molecule has 2 rings (SSSR count). The van der Waals surface area contributed by atoms with E-state index in [1.54, 1.807) is 0 Å². The highest BCUT2D eigenvalue weighted by Gasteiger charge is 2.37. The van der Waals surface area contributed by atoms with Gasteiger partial charge in [0.05, 0.1) is 5.92 Å². The number of carbonyl (C=O) groups is 2. The summed E-state index contributed by atoms with van der Waals surface area (Å²) in [5, 5.41) is 2.84. The molecule has 0 bridgehead atoms. The Morgan fingerprint density at radius 1 is 1.33 bits per heavy atom. The van der Waals surface area contributed by atoms with E-state index in [0.29, 0.717) is 13.1 Å². The summed E-state index contributed by atoms with van der Waals surface area (Å²) < 4.78 is 6.16. The van der Waals surface area contributed by atoms with E-state index in [1.165, 1.54) is 4.90 Å². The average Bonchev–Trinajstić information content (AvgIpc) is 2.23. The van der Waals surface area contributed by atoms with Crippen molar-refractivity contribution < 1.29 is 14.3 Å². The molecular weight excluding hydrogens is 336 g/mol. The number of carbonyl (C=O) groups excluding carboxylic acids is 2. The summed E-state index contributed by atoms with van der Waals surface area (Å²) in [7, 11) is 0. The first-order chi connectivity index (χ1) is 9.74. The van der Waals surface area contributed by atoms with E-state index in [0.717, 1.165) is 10.2 Å². The fourth-order valence-electron chi connectivity index (χ4n) is 1.93. The Bertz CT molecular complexity index is 548. The molecule has 1 aromatic rings. The second-order valence-corrected chi connectivity index (χ2v) is 7.00. The molecule has 0 aliphatic carbocycles. The number of amides is 2. The summed E-state index contributed by atoms with van der Waals surface area (Å²) in [4.78, 5) is 25.4. The van der Waals surface area contributed by atoms with Crippen LogP contribution in [0.2, 0.25) is 0 Å². The molecule has 1 N–H and O–H groups in total. The first-order valence-corrected chi connectivity index (χ1v) is 7.58. The number of ether oxygens (including phenoxy) is 1. The van der Waals surface area contributed by atoms with Crippen molar-refractivity contribution in [3.05, 3.63) is 28.7 Å². The van der Waals surface area contributed by atoms with Crippen molar-refractivity contribution in [3.63, 3.8) is 0 Å². The lowest BCUT2D eigenvalue weighted by atomic mass is 10.00. The van der Waals surface area contributed by atoms with Crippen molar-refractivity contribution in [2.24, 2.45) is 5.92 Å². The normalized spacial score (nSPS) is 15.3. The second-order valence-electron chi connectivity index (χ2n) is 6.08. The summed E-state index contributed by atoms with van der Waals surface area (Å²) in [6, 6.07) is 7.41. The maximum atomic E-state index is 12.1. The van der Waals surface area contributed by atoms with Gasteiger partial charge in [0.25, 0.3) is 0 Å². The zero-order valence-electron chi connectivity index (χ0n) is 12.4. The van der Waals surface area contributed by atoms with Gasteiger partial charge in [-0.15, -0.1) is 0 Å². The van der Waals surface area contributed by atoms with E-state index in [-0.39, 0.29) is 17.9 Å².